The van der Waals surface area contributed by atoms with Gasteiger partial charge in [-0.2, -0.15) is 13.2 Å². The van der Waals surface area contributed by atoms with Crippen LogP contribution in [-0.2, 0) is 0 Å². The minimum atomic E-state index is -4.12. The molecule has 0 aromatic heterocycles. The van der Waals surface area contributed by atoms with Crippen molar-refractivity contribution in [2.45, 2.75) is 44.3 Å². The first-order chi connectivity index (χ1) is 11.0. The summed E-state index contributed by atoms with van der Waals surface area (Å²) in [5.74, 6) is 2.43. The number of piperazine rings is 1. The molecule has 3 rings (SSSR count). The van der Waals surface area contributed by atoms with Crippen LogP contribution in [0.25, 0.3) is 0 Å². The zero-order valence-electron chi connectivity index (χ0n) is 14.2. The van der Waals surface area contributed by atoms with Gasteiger partial charge in [-0.15, -0.1) is 24.0 Å². The minimum Gasteiger partial charge on any atom is -0.356 e. The molecular formula is C16H28F3IN4. The molecule has 0 amide bonds. The number of alkyl halides is 3. The third-order valence-corrected chi connectivity index (χ3v) is 5.69. The number of nitrogens with one attached hydrogen (secondary N) is 1. The first kappa shape index (κ1) is 20.1. The van der Waals surface area contributed by atoms with Crippen molar-refractivity contribution < 1.29 is 13.2 Å². The number of nitrogens with zero attached hydrogens (tertiary/aromatic N) is 3. The second kappa shape index (κ2) is 8.42. The molecule has 1 heterocycles. The maximum absolute atomic E-state index is 12.2. The highest BCUT2D eigenvalue weighted by atomic mass is 127. The van der Waals surface area contributed by atoms with Crippen LogP contribution < -0.4 is 5.32 Å². The molecule has 3 fully saturated rings. The lowest BCUT2D eigenvalue weighted by Gasteiger charge is -2.42. The molecule has 0 radical (unpaired) electrons. The summed E-state index contributed by atoms with van der Waals surface area (Å²) >= 11 is 0. The first-order valence-corrected chi connectivity index (χ1v) is 8.72. The Kier molecular flexibility index (Phi) is 7.04. The Morgan fingerprint density at radius 3 is 2.33 bits per heavy atom. The number of hydrogen-bond acceptors (Lipinski definition) is 2. The predicted molar refractivity (Wildman–Crippen MR) is 99.8 cm³/mol. The molecule has 2 bridgehead atoms. The fourth-order valence-electron chi connectivity index (χ4n) is 4.57. The van der Waals surface area contributed by atoms with E-state index in [0.717, 1.165) is 44.1 Å². The normalized spacial score (nSPS) is 31.2. The summed E-state index contributed by atoms with van der Waals surface area (Å²) < 4.78 is 36.7. The summed E-state index contributed by atoms with van der Waals surface area (Å²) in [6.07, 6.45) is 0.616. The monoisotopic (exact) mass is 460 g/mol. The molecule has 24 heavy (non-hydrogen) atoms. The van der Waals surface area contributed by atoms with E-state index in [1.807, 2.05) is 0 Å². The highest BCUT2D eigenvalue weighted by Gasteiger charge is 2.42. The summed E-state index contributed by atoms with van der Waals surface area (Å²) in [6, 6.07) is 0.746. The number of guanidine groups is 1. The van der Waals surface area contributed by atoms with Crippen LogP contribution in [0.4, 0.5) is 13.2 Å². The van der Waals surface area contributed by atoms with Gasteiger partial charge in [-0.25, -0.2) is 0 Å². The Bertz CT molecular complexity index is 436. The third-order valence-electron chi connectivity index (χ3n) is 5.69. The van der Waals surface area contributed by atoms with Gasteiger partial charge in [0, 0.05) is 45.8 Å². The van der Waals surface area contributed by atoms with Crippen molar-refractivity contribution in [2.24, 2.45) is 16.8 Å². The van der Waals surface area contributed by atoms with Crippen molar-refractivity contribution >= 4 is 29.9 Å². The molecule has 2 aliphatic carbocycles. The predicted octanol–water partition coefficient (Wildman–Crippen LogP) is 2.94. The van der Waals surface area contributed by atoms with Crippen molar-refractivity contribution in [3.8, 4) is 0 Å². The van der Waals surface area contributed by atoms with Gasteiger partial charge < -0.3 is 10.2 Å². The zero-order valence-corrected chi connectivity index (χ0v) is 16.5. The average molecular weight is 460 g/mol. The molecule has 0 aromatic rings. The van der Waals surface area contributed by atoms with Crippen LogP contribution in [-0.4, -0.2) is 67.7 Å². The van der Waals surface area contributed by atoms with Crippen molar-refractivity contribution in [2.75, 3.05) is 39.8 Å². The molecule has 140 valence electrons. The van der Waals surface area contributed by atoms with E-state index in [1.165, 1.54) is 25.7 Å². The van der Waals surface area contributed by atoms with Crippen molar-refractivity contribution in [3.05, 3.63) is 0 Å². The maximum atomic E-state index is 12.2. The Morgan fingerprint density at radius 2 is 1.83 bits per heavy atom. The zero-order chi connectivity index (χ0) is 16.4. The Morgan fingerprint density at radius 1 is 1.12 bits per heavy atom. The smallest absolute Gasteiger partial charge is 0.356 e. The van der Waals surface area contributed by atoms with Crippen LogP contribution in [0.1, 0.15) is 32.1 Å². The molecule has 2 saturated carbocycles. The number of fused-ring (bicyclic) bond motifs is 2. The van der Waals surface area contributed by atoms with Crippen LogP contribution >= 0.6 is 24.0 Å². The molecule has 1 N–H and O–H groups in total. The van der Waals surface area contributed by atoms with E-state index >= 15 is 0 Å². The van der Waals surface area contributed by atoms with Crippen molar-refractivity contribution in [1.29, 1.82) is 0 Å². The standard InChI is InChI=1S/C16H27F3N4.HI/c1-20-15(21-5-4-16(17,18)19)23-8-6-22(7-9-23)14-11-12-2-3-13(14)10-12;/h12-14H,2-11H2,1H3,(H,20,21);1H. The van der Waals surface area contributed by atoms with Gasteiger partial charge in [0.15, 0.2) is 5.96 Å². The van der Waals surface area contributed by atoms with E-state index in [2.05, 4.69) is 20.1 Å². The van der Waals surface area contributed by atoms with Gasteiger partial charge in [-0.05, 0) is 31.1 Å². The first-order valence-electron chi connectivity index (χ1n) is 8.72. The molecular weight excluding hydrogens is 432 g/mol. The second-order valence-corrected chi connectivity index (χ2v) is 7.10. The second-order valence-electron chi connectivity index (χ2n) is 7.10. The largest absolute Gasteiger partial charge is 0.390 e. The average Bonchev–Trinajstić information content (AvgIpc) is 3.14. The van der Waals surface area contributed by atoms with Gasteiger partial charge in [-0.3, -0.25) is 9.89 Å². The quantitative estimate of drug-likeness (QED) is 0.399. The lowest BCUT2D eigenvalue weighted by Crippen LogP contribution is -2.55. The topological polar surface area (TPSA) is 30.9 Å². The summed E-state index contributed by atoms with van der Waals surface area (Å²) in [4.78, 5) is 8.82. The Hall–Kier alpha value is -0.250. The van der Waals surface area contributed by atoms with E-state index < -0.39 is 12.6 Å². The highest BCUT2D eigenvalue weighted by molar-refractivity contribution is 14.0. The number of aliphatic imine (C=N–C) groups is 1. The van der Waals surface area contributed by atoms with Crippen LogP contribution in [0, 0.1) is 11.8 Å². The number of hydrogen-bond donors (Lipinski definition) is 1. The van der Waals surface area contributed by atoms with Gasteiger partial charge in [0.2, 0.25) is 0 Å². The molecule has 3 aliphatic rings. The van der Waals surface area contributed by atoms with E-state index in [0.29, 0.717) is 5.96 Å². The summed E-state index contributed by atoms with van der Waals surface area (Å²) in [5, 5.41) is 2.84. The highest BCUT2D eigenvalue weighted by Crippen LogP contribution is 2.46. The fourth-order valence-corrected chi connectivity index (χ4v) is 4.57. The van der Waals surface area contributed by atoms with E-state index in [1.54, 1.807) is 7.05 Å². The number of rotatable bonds is 3. The fraction of sp³-hybridized carbons (Fsp3) is 0.938. The molecule has 3 unspecified atom stereocenters. The minimum absolute atomic E-state index is 0. The molecule has 4 nitrogen and oxygen atoms in total. The van der Waals surface area contributed by atoms with Crippen LogP contribution in [0.15, 0.2) is 4.99 Å². The molecule has 1 aliphatic heterocycles. The van der Waals surface area contributed by atoms with Gasteiger partial charge >= 0.3 is 6.18 Å². The van der Waals surface area contributed by atoms with Gasteiger partial charge in [0.25, 0.3) is 0 Å². The Labute approximate surface area is 159 Å². The Balaban J connectivity index is 0.00000208. The van der Waals surface area contributed by atoms with Crippen LogP contribution in [0.3, 0.4) is 0 Å². The molecule has 1 saturated heterocycles. The van der Waals surface area contributed by atoms with E-state index in [4.69, 9.17) is 0 Å². The SMILES string of the molecule is CN=C(NCCC(F)(F)F)N1CCN(C2CC3CCC2C3)CC1.I. The lowest BCUT2D eigenvalue weighted by molar-refractivity contribution is -0.132. The van der Waals surface area contributed by atoms with E-state index in [-0.39, 0.29) is 30.5 Å². The maximum Gasteiger partial charge on any atom is 0.390 e. The number of halogens is 4. The summed E-state index contributed by atoms with van der Waals surface area (Å²) in [7, 11) is 1.64. The van der Waals surface area contributed by atoms with Gasteiger partial charge in [0.1, 0.15) is 0 Å². The van der Waals surface area contributed by atoms with Crippen LogP contribution in [0.2, 0.25) is 0 Å². The third kappa shape index (κ3) is 4.89. The van der Waals surface area contributed by atoms with Crippen molar-refractivity contribution in [1.82, 2.24) is 15.1 Å². The molecule has 3 atom stereocenters. The van der Waals surface area contributed by atoms with Gasteiger partial charge in [0.05, 0.1) is 6.42 Å². The molecule has 0 spiro atoms. The van der Waals surface area contributed by atoms with Crippen LogP contribution in [0.5, 0.6) is 0 Å². The summed E-state index contributed by atoms with van der Waals surface area (Å²) in [5.41, 5.74) is 0. The molecule has 0 aromatic carbocycles. The van der Waals surface area contributed by atoms with E-state index in [9.17, 15) is 13.2 Å². The van der Waals surface area contributed by atoms with Crippen molar-refractivity contribution in [3.63, 3.8) is 0 Å². The summed E-state index contributed by atoms with van der Waals surface area (Å²) in [6.45, 7) is 3.57. The lowest BCUT2D eigenvalue weighted by atomic mass is 9.93. The van der Waals surface area contributed by atoms with Gasteiger partial charge in [-0.1, -0.05) is 6.42 Å². The molecule has 8 heteroatoms.